The van der Waals surface area contributed by atoms with Crippen LogP contribution in [0.1, 0.15) is 12.6 Å². The van der Waals surface area contributed by atoms with E-state index >= 15 is 0 Å². The molecule has 1 unspecified atom stereocenters. The largest absolute Gasteiger partial charge is 0.329 e. The predicted molar refractivity (Wildman–Crippen MR) is 54.0 cm³/mol. The van der Waals surface area contributed by atoms with Crippen molar-refractivity contribution in [2.75, 3.05) is 6.54 Å². The average molecular weight is 199 g/mol. The number of aromatic amines is 1. The second-order valence-electron chi connectivity index (χ2n) is 2.86. The van der Waals surface area contributed by atoms with Crippen molar-refractivity contribution in [2.24, 2.45) is 5.73 Å². The minimum atomic E-state index is -0.112. The Labute approximate surface area is 81.0 Å². The van der Waals surface area contributed by atoms with Crippen LogP contribution in [0.5, 0.6) is 0 Å². The summed E-state index contributed by atoms with van der Waals surface area (Å²) >= 11 is 1.48. The molecule has 0 amide bonds. The van der Waals surface area contributed by atoms with E-state index in [1.807, 2.05) is 6.92 Å². The van der Waals surface area contributed by atoms with Gasteiger partial charge in [0.05, 0.1) is 0 Å². The van der Waals surface area contributed by atoms with Crippen LogP contribution in [-0.4, -0.2) is 21.8 Å². The molecule has 0 fully saturated rings. The fraction of sp³-hybridized carbons (Fsp3) is 0.500. The molecule has 1 aromatic rings. The molecule has 0 aliphatic carbocycles. The van der Waals surface area contributed by atoms with E-state index in [9.17, 15) is 4.79 Å². The summed E-state index contributed by atoms with van der Waals surface area (Å²) in [5.41, 5.74) is 6.08. The van der Waals surface area contributed by atoms with E-state index in [1.165, 1.54) is 17.8 Å². The molecule has 5 heteroatoms. The number of aryl methyl sites for hydroxylation is 1. The lowest BCUT2D eigenvalue weighted by Gasteiger charge is -2.06. The van der Waals surface area contributed by atoms with Crippen LogP contribution in [0.2, 0.25) is 0 Å². The van der Waals surface area contributed by atoms with Crippen LogP contribution in [0.3, 0.4) is 0 Å². The number of hydrogen-bond acceptors (Lipinski definition) is 4. The molecule has 1 rings (SSSR count). The van der Waals surface area contributed by atoms with E-state index in [-0.39, 0.29) is 10.8 Å². The highest BCUT2D eigenvalue weighted by Crippen LogP contribution is 2.16. The monoisotopic (exact) mass is 199 g/mol. The topological polar surface area (TPSA) is 71.8 Å². The minimum Gasteiger partial charge on any atom is -0.329 e. The SMILES string of the molecule is Cc1cc(=O)[nH]c(SC(C)CN)n1. The van der Waals surface area contributed by atoms with Crippen molar-refractivity contribution < 1.29 is 0 Å². The Hall–Kier alpha value is -0.810. The molecule has 72 valence electrons. The molecule has 13 heavy (non-hydrogen) atoms. The van der Waals surface area contributed by atoms with E-state index in [2.05, 4.69) is 9.97 Å². The Morgan fingerprint density at radius 3 is 3.00 bits per heavy atom. The number of rotatable bonds is 3. The number of nitrogens with two attached hydrogens (primary N) is 1. The van der Waals surface area contributed by atoms with Crippen LogP contribution in [0.4, 0.5) is 0 Å². The molecule has 0 aliphatic heterocycles. The van der Waals surface area contributed by atoms with Crippen molar-refractivity contribution in [3.63, 3.8) is 0 Å². The summed E-state index contributed by atoms with van der Waals surface area (Å²) in [5.74, 6) is 0. The van der Waals surface area contributed by atoms with Gasteiger partial charge in [0.1, 0.15) is 0 Å². The summed E-state index contributed by atoms with van der Waals surface area (Å²) < 4.78 is 0. The van der Waals surface area contributed by atoms with Crippen LogP contribution in [0.15, 0.2) is 16.0 Å². The third-order valence-corrected chi connectivity index (χ3v) is 2.50. The maximum absolute atomic E-state index is 11.0. The molecular weight excluding hydrogens is 186 g/mol. The van der Waals surface area contributed by atoms with Crippen LogP contribution in [-0.2, 0) is 0 Å². The van der Waals surface area contributed by atoms with Gasteiger partial charge in [0.25, 0.3) is 5.56 Å². The summed E-state index contributed by atoms with van der Waals surface area (Å²) in [6, 6.07) is 1.47. The van der Waals surface area contributed by atoms with Gasteiger partial charge in [-0.25, -0.2) is 4.98 Å². The van der Waals surface area contributed by atoms with E-state index in [0.29, 0.717) is 11.7 Å². The van der Waals surface area contributed by atoms with Gasteiger partial charge in [0.15, 0.2) is 5.16 Å². The fourth-order valence-electron chi connectivity index (χ4n) is 0.846. The van der Waals surface area contributed by atoms with E-state index in [0.717, 1.165) is 5.69 Å². The first-order chi connectivity index (χ1) is 6.11. The lowest BCUT2D eigenvalue weighted by Crippen LogP contribution is -2.15. The van der Waals surface area contributed by atoms with Gasteiger partial charge < -0.3 is 10.7 Å². The molecule has 0 aliphatic rings. The summed E-state index contributed by atoms with van der Waals surface area (Å²) in [6.45, 7) is 4.36. The number of nitrogens with one attached hydrogen (secondary N) is 1. The van der Waals surface area contributed by atoms with Crippen LogP contribution in [0, 0.1) is 6.92 Å². The normalized spacial score (nSPS) is 12.8. The quantitative estimate of drug-likeness (QED) is 0.550. The van der Waals surface area contributed by atoms with Gasteiger partial charge in [-0.3, -0.25) is 4.79 Å². The lowest BCUT2D eigenvalue weighted by atomic mass is 10.5. The molecule has 1 aromatic heterocycles. The number of thioether (sulfide) groups is 1. The number of H-pyrrole nitrogens is 1. The minimum absolute atomic E-state index is 0.112. The summed E-state index contributed by atoms with van der Waals surface area (Å²) in [5, 5.41) is 0.910. The van der Waals surface area contributed by atoms with Crippen molar-refractivity contribution in [1.82, 2.24) is 9.97 Å². The molecular formula is C8H13N3OS. The molecule has 0 saturated heterocycles. The van der Waals surface area contributed by atoms with Gasteiger partial charge in [0.2, 0.25) is 0 Å². The first-order valence-electron chi connectivity index (χ1n) is 4.06. The Morgan fingerprint density at radius 2 is 2.46 bits per heavy atom. The van der Waals surface area contributed by atoms with E-state index < -0.39 is 0 Å². The third-order valence-electron chi connectivity index (χ3n) is 1.49. The summed E-state index contributed by atoms with van der Waals surface area (Å²) in [7, 11) is 0. The first kappa shape index (κ1) is 10.3. The second kappa shape index (κ2) is 4.43. The van der Waals surface area contributed by atoms with Crippen molar-refractivity contribution in [3.8, 4) is 0 Å². The zero-order valence-corrected chi connectivity index (χ0v) is 8.52. The molecule has 4 nitrogen and oxygen atoms in total. The van der Waals surface area contributed by atoms with Crippen molar-refractivity contribution in [3.05, 3.63) is 22.1 Å². The Morgan fingerprint density at radius 1 is 1.77 bits per heavy atom. The van der Waals surface area contributed by atoms with Crippen LogP contribution >= 0.6 is 11.8 Å². The zero-order chi connectivity index (χ0) is 9.84. The highest BCUT2D eigenvalue weighted by atomic mass is 32.2. The van der Waals surface area contributed by atoms with Crippen LogP contribution < -0.4 is 11.3 Å². The Balaban J connectivity index is 2.83. The van der Waals surface area contributed by atoms with Crippen molar-refractivity contribution in [2.45, 2.75) is 24.3 Å². The number of hydrogen-bond donors (Lipinski definition) is 2. The smallest absolute Gasteiger partial charge is 0.251 e. The molecule has 1 heterocycles. The average Bonchev–Trinajstić information content (AvgIpc) is 2.02. The van der Waals surface area contributed by atoms with Gasteiger partial charge in [-0.15, -0.1) is 0 Å². The highest BCUT2D eigenvalue weighted by molar-refractivity contribution is 7.99. The molecule has 0 radical (unpaired) electrons. The molecule has 0 aromatic carbocycles. The molecule has 1 atom stereocenters. The highest BCUT2D eigenvalue weighted by Gasteiger charge is 2.04. The molecule has 0 bridgehead atoms. The van der Waals surface area contributed by atoms with Gasteiger partial charge in [0, 0.05) is 23.6 Å². The lowest BCUT2D eigenvalue weighted by molar-refractivity contribution is 0.883. The third kappa shape index (κ3) is 3.20. The molecule has 0 spiro atoms. The van der Waals surface area contributed by atoms with E-state index in [4.69, 9.17) is 5.73 Å². The second-order valence-corrected chi connectivity index (χ2v) is 4.28. The predicted octanol–water partition coefficient (Wildman–Crippen LogP) is 0.518. The maximum atomic E-state index is 11.0. The van der Waals surface area contributed by atoms with Crippen molar-refractivity contribution in [1.29, 1.82) is 0 Å². The number of aromatic nitrogens is 2. The van der Waals surface area contributed by atoms with Gasteiger partial charge in [-0.1, -0.05) is 18.7 Å². The Kier molecular flexibility index (Phi) is 3.50. The molecule has 3 N–H and O–H groups in total. The van der Waals surface area contributed by atoms with E-state index in [1.54, 1.807) is 6.92 Å². The van der Waals surface area contributed by atoms with Gasteiger partial charge >= 0.3 is 0 Å². The van der Waals surface area contributed by atoms with Gasteiger partial charge in [-0.05, 0) is 6.92 Å². The number of nitrogens with zero attached hydrogens (tertiary/aromatic N) is 1. The van der Waals surface area contributed by atoms with Crippen LogP contribution in [0.25, 0.3) is 0 Å². The Bertz CT molecular complexity index is 336. The van der Waals surface area contributed by atoms with Gasteiger partial charge in [-0.2, -0.15) is 0 Å². The summed E-state index contributed by atoms with van der Waals surface area (Å²) in [4.78, 5) is 17.9. The first-order valence-corrected chi connectivity index (χ1v) is 4.94. The maximum Gasteiger partial charge on any atom is 0.251 e. The van der Waals surface area contributed by atoms with Crippen molar-refractivity contribution >= 4 is 11.8 Å². The standard InChI is InChI=1S/C8H13N3OS/c1-5-3-7(12)11-8(10-5)13-6(2)4-9/h3,6H,4,9H2,1-2H3,(H,10,11,12). The zero-order valence-electron chi connectivity index (χ0n) is 7.70. The molecule has 0 saturated carbocycles. The fourth-order valence-corrected chi connectivity index (χ4v) is 1.68. The summed E-state index contributed by atoms with van der Waals surface area (Å²) in [6.07, 6.45) is 0.